The average Bonchev–Trinajstić information content (AvgIpc) is 2.77. The van der Waals surface area contributed by atoms with E-state index in [0.717, 1.165) is 17.3 Å². The number of hydrogen-bond donors (Lipinski definition) is 2. The fraction of sp³-hybridized carbons (Fsp3) is 0.571. The summed E-state index contributed by atoms with van der Waals surface area (Å²) >= 11 is 0. The van der Waals surface area contributed by atoms with Gasteiger partial charge in [-0.05, 0) is 67.0 Å². The molecule has 0 aliphatic heterocycles. The Morgan fingerprint density at radius 1 is 0.667 bits per heavy atom. The first-order valence-corrected chi connectivity index (χ1v) is 12.4. The van der Waals surface area contributed by atoms with E-state index in [9.17, 15) is 0 Å². The minimum absolute atomic E-state index is 0.108. The summed E-state index contributed by atoms with van der Waals surface area (Å²) in [5.41, 5.74) is 16.6. The maximum absolute atomic E-state index is 5.98. The van der Waals surface area contributed by atoms with Gasteiger partial charge in [0.2, 0.25) is 0 Å². The van der Waals surface area contributed by atoms with Gasteiger partial charge in [0.25, 0.3) is 0 Å². The van der Waals surface area contributed by atoms with Crippen LogP contribution in [0.1, 0.15) is 102 Å². The van der Waals surface area contributed by atoms with Gasteiger partial charge in [-0.25, -0.2) is 0 Å². The molecule has 0 heterocycles. The fourth-order valence-electron chi connectivity index (χ4n) is 5.37. The van der Waals surface area contributed by atoms with Crippen molar-refractivity contribution in [2.45, 2.75) is 95.8 Å². The first-order chi connectivity index (χ1) is 14.6. The molecule has 2 aromatic carbocycles. The molecule has 1 aliphatic rings. The smallest absolute Gasteiger partial charge is 0.0314 e. The van der Waals surface area contributed by atoms with Gasteiger partial charge in [0.05, 0.1) is 0 Å². The van der Waals surface area contributed by atoms with Crippen LogP contribution in [0.2, 0.25) is 0 Å². The Morgan fingerprint density at radius 2 is 1.10 bits per heavy atom. The molecule has 30 heavy (non-hydrogen) atoms. The molecule has 1 saturated carbocycles. The molecular weight excluding hydrogens is 364 g/mol. The van der Waals surface area contributed by atoms with Crippen molar-refractivity contribution in [2.75, 3.05) is 11.5 Å². The van der Waals surface area contributed by atoms with Crippen molar-refractivity contribution >= 4 is 11.4 Å². The van der Waals surface area contributed by atoms with Crippen LogP contribution in [0, 0.1) is 5.92 Å². The van der Waals surface area contributed by atoms with Gasteiger partial charge in [0, 0.05) is 16.8 Å². The highest BCUT2D eigenvalue weighted by Crippen LogP contribution is 2.47. The van der Waals surface area contributed by atoms with Crippen LogP contribution in [0.5, 0.6) is 0 Å². The van der Waals surface area contributed by atoms with E-state index in [1.807, 2.05) is 0 Å². The summed E-state index contributed by atoms with van der Waals surface area (Å²) in [6, 6.07) is 17.2. The van der Waals surface area contributed by atoms with Crippen LogP contribution in [0.15, 0.2) is 48.5 Å². The second-order valence-corrected chi connectivity index (χ2v) is 9.53. The molecule has 2 nitrogen and oxygen atoms in total. The number of benzene rings is 2. The normalized spacial score (nSPS) is 16.6. The van der Waals surface area contributed by atoms with Crippen molar-refractivity contribution in [1.29, 1.82) is 0 Å². The highest BCUT2D eigenvalue weighted by Gasteiger charge is 2.38. The lowest BCUT2D eigenvalue weighted by Gasteiger charge is -2.41. The van der Waals surface area contributed by atoms with Crippen molar-refractivity contribution in [2.24, 2.45) is 5.92 Å². The van der Waals surface area contributed by atoms with Crippen LogP contribution >= 0.6 is 0 Å². The Balaban J connectivity index is 1.55. The van der Waals surface area contributed by atoms with E-state index in [1.54, 1.807) is 0 Å². The van der Waals surface area contributed by atoms with Gasteiger partial charge in [-0.1, -0.05) is 89.0 Å². The average molecular weight is 407 g/mol. The predicted molar refractivity (Wildman–Crippen MR) is 132 cm³/mol. The SMILES string of the molecule is CCCCCCCCCCC1CCC(c2ccc(N)cc2)(c2ccc(N)cc2)CC1. The highest BCUT2D eigenvalue weighted by molar-refractivity contribution is 5.49. The largest absolute Gasteiger partial charge is 0.399 e. The van der Waals surface area contributed by atoms with E-state index in [4.69, 9.17) is 11.5 Å². The molecule has 0 bridgehead atoms. The van der Waals surface area contributed by atoms with E-state index in [-0.39, 0.29) is 5.41 Å². The monoisotopic (exact) mass is 406 g/mol. The zero-order chi connectivity index (χ0) is 21.2. The number of rotatable bonds is 11. The van der Waals surface area contributed by atoms with Gasteiger partial charge in [-0.15, -0.1) is 0 Å². The third-order valence-corrected chi connectivity index (χ3v) is 7.35. The summed E-state index contributed by atoms with van der Waals surface area (Å²) in [7, 11) is 0. The molecule has 2 aromatic rings. The molecule has 3 rings (SSSR count). The summed E-state index contributed by atoms with van der Waals surface area (Å²) in [4.78, 5) is 0. The molecule has 164 valence electrons. The Bertz CT molecular complexity index is 677. The minimum atomic E-state index is 0.108. The molecule has 1 aliphatic carbocycles. The van der Waals surface area contributed by atoms with Gasteiger partial charge in [0.1, 0.15) is 0 Å². The van der Waals surface area contributed by atoms with Crippen LogP contribution in [0.25, 0.3) is 0 Å². The molecule has 0 radical (unpaired) electrons. The molecule has 1 fully saturated rings. The molecule has 0 saturated heterocycles. The molecule has 0 aromatic heterocycles. The molecule has 0 atom stereocenters. The number of unbranched alkanes of at least 4 members (excludes halogenated alkanes) is 7. The number of hydrogen-bond acceptors (Lipinski definition) is 2. The van der Waals surface area contributed by atoms with Crippen molar-refractivity contribution in [3.8, 4) is 0 Å². The van der Waals surface area contributed by atoms with Crippen LogP contribution < -0.4 is 11.5 Å². The first kappa shape index (κ1) is 22.7. The van der Waals surface area contributed by atoms with Gasteiger partial charge in [-0.2, -0.15) is 0 Å². The third kappa shape index (κ3) is 6.03. The van der Waals surface area contributed by atoms with Gasteiger partial charge < -0.3 is 11.5 Å². The highest BCUT2D eigenvalue weighted by atomic mass is 14.5. The molecule has 0 spiro atoms. The van der Waals surface area contributed by atoms with Gasteiger partial charge >= 0.3 is 0 Å². The van der Waals surface area contributed by atoms with E-state index in [2.05, 4.69) is 55.5 Å². The van der Waals surface area contributed by atoms with Crippen LogP contribution in [0.3, 0.4) is 0 Å². The first-order valence-electron chi connectivity index (χ1n) is 12.4. The molecule has 2 heteroatoms. The van der Waals surface area contributed by atoms with Gasteiger partial charge in [0.15, 0.2) is 0 Å². The molecule has 0 amide bonds. The second kappa shape index (κ2) is 11.4. The third-order valence-electron chi connectivity index (χ3n) is 7.35. The number of nitrogens with two attached hydrogens (primary N) is 2. The lowest BCUT2D eigenvalue weighted by Crippen LogP contribution is -2.33. The Labute approximate surface area is 184 Å². The lowest BCUT2D eigenvalue weighted by molar-refractivity contribution is 0.250. The lowest BCUT2D eigenvalue weighted by atomic mass is 9.62. The maximum atomic E-state index is 5.98. The predicted octanol–water partition coefficient (Wildman–Crippen LogP) is 7.86. The van der Waals surface area contributed by atoms with Crippen LogP contribution in [-0.4, -0.2) is 0 Å². The molecular formula is C28H42N2. The summed E-state index contributed by atoms with van der Waals surface area (Å²) < 4.78 is 0. The Hall–Kier alpha value is -1.96. The van der Waals surface area contributed by atoms with E-state index < -0.39 is 0 Å². The van der Waals surface area contributed by atoms with Crippen LogP contribution in [0.4, 0.5) is 11.4 Å². The minimum Gasteiger partial charge on any atom is -0.399 e. The van der Waals surface area contributed by atoms with E-state index in [1.165, 1.54) is 94.6 Å². The Kier molecular flexibility index (Phi) is 8.66. The van der Waals surface area contributed by atoms with Crippen LogP contribution in [-0.2, 0) is 5.41 Å². The molecule has 4 N–H and O–H groups in total. The zero-order valence-electron chi connectivity index (χ0n) is 19.0. The quantitative estimate of drug-likeness (QED) is 0.295. The summed E-state index contributed by atoms with van der Waals surface area (Å²) in [5.74, 6) is 0.890. The van der Waals surface area contributed by atoms with Crippen molar-refractivity contribution in [1.82, 2.24) is 0 Å². The van der Waals surface area contributed by atoms with Gasteiger partial charge in [-0.3, -0.25) is 0 Å². The summed E-state index contributed by atoms with van der Waals surface area (Å²) in [5, 5.41) is 0. The standard InChI is InChI=1S/C28H42N2/c1-2-3-4-5-6-7-8-9-10-23-19-21-28(22-20-23,24-11-15-26(29)16-12-24)25-13-17-27(30)18-14-25/h11-18,23H,2-10,19-22,29-30H2,1H3. The molecule has 0 unspecified atom stereocenters. The topological polar surface area (TPSA) is 52.0 Å². The van der Waals surface area contributed by atoms with Crippen molar-refractivity contribution < 1.29 is 0 Å². The second-order valence-electron chi connectivity index (χ2n) is 9.53. The summed E-state index contributed by atoms with van der Waals surface area (Å²) in [6.07, 6.45) is 17.8. The van der Waals surface area contributed by atoms with E-state index in [0.29, 0.717) is 0 Å². The number of nitrogen functional groups attached to an aromatic ring is 2. The maximum Gasteiger partial charge on any atom is 0.0314 e. The van der Waals surface area contributed by atoms with Crippen molar-refractivity contribution in [3.63, 3.8) is 0 Å². The van der Waals surface area contributed by atoms with E-state index >= 15 is 0 Å². The number of anilines is 2. The Morgan fingerprint density at radius 3 is 1.57 bits per heavy atom. The van der Waals surface area contributed by atoms with Crippen molar-refractivity contribution in [3.05, 3.63) is 59.7 Å². The zero-order valence-corrected chi connectivity index (χ0v) is 19.0. The summed E-state index contributed by atoms with van der Waals surface area (Å²) in [6.45, 7) is 2.29. The fourth-order valence-corrected chi connectivity index (χ4v) is 5.37.